The molecular weight excluding hydrogens is 274 g/mol. The molecule has 0 aliphatic carbocycles. The Bertz CT molecular complexity index is 496. The first-order valence-electron chi connectivity index (χ1n) is 5.87. The van der Waals surface area contributed by atoms with Crippen LogP contribution in [0.1, 0.15) is 12.0 Å². The van der Waals surface area contributed by atoms with Crippen molar-refractivity contribution in [2.75, 3.05) is 26.3 Å². The molecule has 1 fully saturated rings. The molecular formula is C12H16ClNO3S. The molecule has 1 aliphatic rings. The number of nitrogens with zero attached hydrogens (tertiary/aromatic N) is 1. The van der Waals surface area contributed by atoms with E-state index in [0.29, 0.717) is 37.1 Å². The smallest absolute Gasteiger partial charge is 0.243 e. The maximum atomic E-state index is 12.4. The molecule has 0 bridgehead atoms. The van der Waals surface area contributed by atoms with Gasteiger partial charge in [0.05, 0.1) is 11.5 Å². The molecule has 0 spiro atoms. The maximum absolute atomic E-state index is 12.4. The number of halogens is 1. The molecule has 0 saturated carbocycles. The van der Waals surface area contributed by atoms with E-state index >= 15 is 0 Å². The van der Waals surface area contributed by atoms with Crippen molar-refractivity contribution < 1.29 is 13.2 Å². The molecule has 1 aromatic carbocycles. The first-order chi connectivity index (χ1) is 8.64. The lowest BCUT2D eigenvalue weighted by Crippen LogP contribution is -2.33. The Morgan fingerprint density at radius 3 is 2.89 bits per heavy atom. The van der Waals surface area contributed by atoms with Crippen molar-refractivity contribution in [2.45, 2.75) is 17.2 Å². The van der Waals surface area contributed by atoms with Gasteiger partial charge in [-0.05, 0) is 24.1 Å². The standard InChI is InChI=1S/C12H16ClNO3S/c13-10-11-3-1-4-12(9-11)18(15,16)14-5-2-7-17-8-6-14/h1,3-4,9H,2,5-8,10H2. The molecule has 0 N–H and O–H groups in total. The third kappa shape index (κ3) is 3.03. The average Bonchev–Trinajstić information content (AvgIpc) is 2.68. The Kier molecular flexibility index (Phi) is 4.61. The lowest BCUT2D eigenvalue weighted by atomic mass is 10.2. The van der Waals surface area contributed by atoms with Gasteiger partial charge in [-0.15, -0.1) is 11.6 Å². The monoisotopic (exact) mass is 289 g/mol. The molecule has 1 aromatic rings. The first-order valence-corrected chi connectivity index (χ1v) is 7.85. The fourth-order valence-electron chi connectivity index (χ4n) is 1.90. The zero-order valence-electron chi connectivity index (χ0n) is 10.0. The van der Waals surface area contributed by atoms with Crippen LogP contribution in [0.4, 0.5) is 0 Å². The lowest BCUT2D eigenvalue weighted by Gasteiger charge is -2.19. The quantitative estimate of drug-likeness (QED) is 0.798. The minimum atomic E-state index is -3.42. The molecule has 6 heteroatoms. The van der Waals surface area contributed by atoms with Crippen LogP contribution in [0.25, 0.3) is 0 Å². The molecule has 1 saturated heterocycles. The van der Waals surface area contributed by atoms with E-state index in [4.69, 9.17) is 16.3 Å². The Morgan fingerprint density at radius 2 is 2.11 bits per heavy atom. The molecule has 0 aromatic heterocycles. The number of alkyl halides is 1. The first kappa shape index (κ1) is 13.8. The molecule has 2 rings (SSSR count). The highest BCUT2D eigenvalue weighted by Gasteiger charge is 2.25. The molecule has 0 amide bonds. The minimum Gasteiger partial charge on any atom is -0.380 e. The second kappa shape index (κ2) is 6.02. The van der Waals surface area contributed by atoms with Gasteiger partial charge in [-0.1, -0.05) is 12.1 Å². The Morgan fingerprint density at radius 1 is 1.28 bits per heavy atom. The van der Waals surface area contributed by atoms with Crippen molar-refractivity contribution in [1.82, 2.24) is 4.31 Å². The number of ether oxygens (including phenoxy) is 1. The van der Waals surface area contributed by atoms with Gasteiger partial charge in [0.1, 0.15) is 0 Å². The topological polar surface area (TPSA) is 46.6 Å². The van der Waals surface area contributed by atoms with E-state index in [0.717, 1.165) is 12.0 Å². The van der Waals surface area contributed by atoms with Gasteiger partial charge >= 0.3 is 0 Å². The molecule has 0 unspecified atom stereocenters. The van der Waals surface area contributed by atoms with E-state index < -0.39 is 10.0 Å². The fourth-order valence-corrected chi connectivity index (χ4v) is 3.60. The number of rotatable bonds is 3. The second-order valence-electron chi connectivity index (χ2n) is 4.15. The van der Waals surface area contributed by atoms with Crippen molar-refractivity contribution in [3.05, 3.63) is 29.8 Å². The minimum absolute atomic E-state index is 0.308. The second-order valence-corrected chi connectivity index (χ2v) is 6.36. The van der Waals surface area contributed by atoms with E-state index in [1.807, 2.05) is 6.07 Å². The van der Waals surface area contributed by atoms with Crippen LogP contribution in [-0.2, 0) is 20.6 Å². The van der Waals surface area contributed by atoms with Gasteiger partial charge in [0.15, 0.2) is 0 Å². The van der Waals surface area contributed by atoms with Crippen molar-refractivity contribution in [3.8, 4) is 0 Å². The molecule has 18 heavy (non-hydrogen) atoms. The van der Waals surface area contributed by atoms with E-state index in [1.54, 1.807) is 18.2 Å². The van der Waals surface area contributed by atoms with Crippen molar-refractivity contribution >= 4 is 21.6 Å². The third-order valence-electron chi connectivity index (χ3n) is 2.87. The summed E-state index contributed by atoms with van der Waals surface area (Å²) in [5, 5.41) is 0. The molecule has 1 aliphatic heterocycles. The molecule has 4 nitrogen and oxygen atoms in total. The van der Waals surface area contributed by atoms with Gasteiger partial charge in [0, 0.05) is 25.6 Å². The normalized spacial score (nSPS) is 18.5. The summed E-state index contributed by atoms with van der Waals surface area (Å²) in [7, 11) is -3.42. The summed E-state index contributed by atoms with van der Waals surface area (Å²) in [6.07, 6.45) is 0.731. The van der Waals surface area contributed by atoms with Crippen LogP contribution in [0, 0.1) is 0 Å². The van der Waals surface area contributed by atoms with Crippen molar-refractivity contribution in [1.29, 1.82) is 0 Å². The highest BCUT2D eigenvalue weighted by atomic mass is 35.5. The highest BCUT2D eigenvalue weighted by molar-refractivity contribution is 7.89. The fraction of sp³-hybridized carbons (Fsp3) is 0.500. The van der Waals surface area contributed by atoms with E-state index in [2.05, 4.69) is 0 Å². The predicted molar refractivity (Wildman–Crippen MR) is 70.2 cm³/mol. The Balaban J connectivity index is 2.28. The average molecular weight is 290 g/mol. The van der Waals surface area contributed by atoms with Gasteiger partial charge in [-0.3, -0.25) is 0 Å². The zero-order valence-corrected chi connectivity index (χ0v) is 11.6. The molecule has 1 heterocycles. The summed E-state index contributed by atoms with van der Waals surface area (Å²) in [5.41, 5.74) is 0.809. The van der Waals surface area contributed by atoms with E-state index in [-0.39, 0.29) is 0 Å². The molecule has 0 radical (unpaired) electrons. The van der Waals surface area contributed by atoms with Crippen LogP contribution >= 0.6 is 11.6 Å². The summed E-state index contributed by atoms with van der Waals surface area (Å²) < 4.78 is 31.6. The summed E-state index contributed by atoms with van der Waals surface area (Å²) in [4.78, 5) is 0.308. The van der Waals surface area contributed by atoms with E-state index in [9.17, 15) is 8.42 Å². The van der Waals surface area contributed by atoms with Crippen molar-refractivity contribution in [2.24, 2.45) is 0 Å². The van der Waals surface area contributed by atoms with Crippen LogP contribution in [0.3, 0.4) is 0 Å². The largest absolute Gasteiger partial charge is 0.380 e. The Labute approximate surface area is 113 Å². The number of sulfonamides is 1. The van der Waals surface area contributed by atoms with Crippen LogP contribution < -0.4 is 0 Å². The predicted octanol–water partition coefficient (Wildman–Crippen LogP) is 1.84. The highest BCUT2D eigenvalue weighted by Crippen LogP contribution is 2.19. The summed E-state index contributed by atoms with van der Waals surface area (Å²) in [5.74, 6) is 0.312. The third-order valence-corrected chi connectivity index (χ3v) is 5.07. The van der Waals surface area contributed by atoms with Crippen LogP contribution in [-0.4, -0.2) is 39.0 Å². The van der Waals surface area contributed by atoms with Gasteiger partial charge in [0.2, 0.25) is 10.0 Å². The summed E-state index contributed by atoms with van der Waals surface area (Å²) in [6, 6.07) is 6.78. The number of benzene rings is 1. The summed E-state index contributed by atoms with van der Waals surface area (Å²) in [6.45, 7) is 1.99. The lowest BCUT2D eigenvalue weighted by molar-refractivity contribution is 0.148. The van der Waals surface area contributed by atoms with Gasteiger partial charge in [-0.25, -0.2) is 8.42 Å². The number of hydrogen-bond acceptors (Lipinski definition) is 3. The SMILES string of the molecule is O=S(=O)(c1cccc(CCl)c1)N1CCCOCC1. The van der Waals surface area contributed by atoms with Crippen LogP contribution in [0.2, 0.25) is 0 Å². The van der Waals surface area contributed by atoms with Crippen LogP contribution in [0.5, 0.6) is 0 Å². The molecule has 0 atom stereocenters. The number of hydrogen-bond donors (Lipinski definition) is 0. The van der Waals surface area contributed by atoms with Crippen molar-refractivity contribution in [3.63, 3.8) is 0 Å². The maximum Gasteiger partial charge on any atom is 0.243 e. The van der Waals surface area contributed by atoms with E-state index in [1.165, 1.54) is 4.31 Å². The van der Waals surface area contributed by atoms with Crippen LogP contribution in [0.15, 0.2) is 29.2 Å². The Hall–Kier alpha value is -0.620. The van der Waals surface area contributed by atoms with Gasteiger partial charge < -0.3 is 4.74 Å². The zero-order chi connectivity index (χ0) is 13.0. The summed E-state index contributed by atoms with van der Waals surface area (Å²) >= 11 is 5.73. The van der Waals surface area contributed by atoms with Gasteiger partial charge in [-0.2, -0.15) is 4.31 Å². The molecule has 100 valence electrons. The van der Waals surface area contributed by atoms with Gasteiger partial charge in [0.25, 0.3) is 0 Å².